The summed E-state index contributed by atoms with van der Waals surface area (Å²) in [6, 6.07) is 24.1. The number of benzene rings is 3. The van der Waals surface area contributed by atoms with Gasteiger partial charge in [0.2, 0.25) is 0 Å². The number of H-pyrrole nitrogens is 1. The van der Waals surface area contributed by atoms with Crippen LogP contribution in [-0.2, 0) is 0 Å². The molecule has 1 aromatic heterocycles. The van der Waals surface area contributed by atoms with Crippen molar-refractivity contribution in [3.8, 4) is 11.1 Å². The lowest BCUT2D eigenvalue weighted by molar-refractivity contribution is 1.02. The van der Waals surface area contributed by atoms with Crippen LogP contribution in [0.5, 0.6) is 0 Å². The van der Waals surface area contributed by atoms with Crippen molar-refractivity contribution in [2.75, 3.05) is 0 Å². The number of fused-ring (bicyclic) bond motifs is 4. The highest BCUT2D eigenvalue weighted by Crippen LogP contribution is 2.47. The van der Waals surface area contributed by atoms with Gasteiger partial charge in [-0.2, -0.15) is 0 Å². The average molecular weight is 296 g/mol. The Kier molecular flexibility index (Phi) is 2.51. The molecule has 2 heteroatoms. The van der Waals surface area contributed by atoms with E-state index in [0.717, 1.165) is 16.9 Å². The van der Waals surface area contributed by atoms with Crippen molar-refractivity contribution in [2.45, 2.75) is 12.8 Å². The van der Waals surface area contributed by atoms with Crippen molar-refractivity contribution in [3.63, 3.8) is 0 Å². The Morgan fingerprint density at radius 1 is 0.826 bits per heavy atom. The van der Waals surface area contributed by atoms with Gasteiger partial charge < -0.3 is 4.98 Å². The Bertz CT molecular complexity index is 997. The summed E-state index contributed by atoms with van der Waals surface area (Å²) >= 11 is 0. The number of imidazole rings is 1. The van der Waals surface area contributed by atoms with Crippen LogP contribution < -0.4 is 0 Å². The maximum absolute atomic E-state index is 4.51. The molecule has 0 radical (unpaired) electrons. The first-order valence-corrected chi connectivity index (χ1v) is 7.96. The normalized spacial score (nSPS) is 13.3. The highest BCUT2D eigenvalue weighted by Gasteiger charge is 2.29. The number of aromatic amines is 1. The van der Waals surface area contributed by atoms with Crippen LogP contribution in [0, 0.1) is 6.92 Å². The monoisotopic (exact) mass is 296 g/mol. The molecule has 0 amide bonds. The SMILES string of the molecule is Cc1nc2ccc(C3c4ccccc4-c4ccccc43)cc2[nH]1. The van der Waals surface area contributed by atoms with Crippen LogP contribution in [0.25, 0.3) is 22.2 Å². The maximum Gasteiger partial charge on any atom is 0.104 e. The predicted molar refractivity (Wildman–Crippen MR) is 93.7 cm³/mol. The summed E-state index contributed by atoms with van der Waals surface area (Å²) < 4.78 is 0. The first-order chi connectivity index (χ1) is 11.3. The number of hydrogen-bond donors (Lipinski definition) is 1. The summed E-state index contributed by atoms with van der Waals surface area (Å²) in [6.45, 7) is 2.00. The van der Waals surface area contributed by atoms with Crippen molar-refractivity contribution < 1.29 is 0 Å². The lowest BCUT2D eigenvalue weighted by atomic mass is 9.89. The molecule has 1 N–H and O–H groups in total. The Hall–Kier alpha value is -2.87. The van der Waals surface area contributed by atoms with E-state index in [1.807, 2.05) is 6.92 Å². The minimum absolute atomic E-state index is 0.301. The van der Waals surface area contributed by atoms with Gasteiger partial charge in [0.15, 0.2) is 0 Å². The highest BCUT2D eigenvalue weighted by molar-refractivity contribution is 5.82. The molecule has 5 rings (SSSR count). The molecule has 0 saturated carbocycles. The molecule has 0 aliphatic heterocycles. The molecule has 2 nitrogen and oxygen atoms in total. The van der Waals surface area contributed by atoms with Crippen LogP contribution in [0.4, 0.5) is 0 Å². The van der Waals surface area contributed by atoms with E-state index in [-0.39, 0.29) is 0 Å². The van der Waals surface area contributed by atoms with E-state index in [2.05, 4.69) is 76.7 Å². The Morgan fingerprint density at radius 3 is 2.17 bits per heavy atom. The highest BCUT2D eigenvalue weighted by atomic mass is 14.9. The van der Waals surface area contributed by atoms with Crippen molar-refractivity contribution in [1.29, 1.82) is 0 Å². The van der Waals surface area contributed by atoms with E-state index in [1.54, 1.807) is 0 Å². The van der Waals surface area contributed by atoms with Crippen molar-refractivity contribution in [3.05, 3.63) is 89.2 Å². The van der Waals surface area contributed by atoms with Crippen molar-refractivity contribution in [1.82, 2.24) is 9.97 Å². The van der Waals surface area contributed by atoms with E-state index in [0.29, 0.717) is 5.92 Å². The van der Waals surface area contributed by atoms with Gasteiger partial charge in [-0.15, -0.1) is 0 Å². The fourth-order valence-corrected chi connectivity index (χ4v) is 3.85. The largest absolute Gasteiger partial charge is 0.342 e. The third kappa shape index (κ3) is 1.78. The fraction of sp³-hybridized carbons (Fsp3) is 0.0952. The molecule has 0 saturated heterocycles. The second-order valence-corrected chi connectivity index (χ2v) is 6.21. The molecule has 110 valence electrons. The number of aromatic nitrogens is 2. The van der Waals surface area contributed by atoms with Crippen LogP contribution in [0.2, 0.25) is 0 Å². The van der Waals surface area contributed by atoms with Gasteiger partial charge >= 0.3 is 0 Å². The minimum Gasteiger partial charge on any atom is -0.342 e. The van der Waals surface area contributed by atoms with Gasteiger partial charge in [-0.25, -0.2) is 4.98 Å². The Balaban J connectivity index is 1.78. The first-order valence-electron chi connectivity index (χ1n) is 7.96. The molecule has 0 atom stereocenters. The van der Waals surface area contributed by atoms with E-state index < -0.39 is 0 Å². The van der Waals surface area contributed by atoms with Gasteiger partial charge in [-0.3, -0.25) is 0 Å². The average Bonchev–Trinajstić information content (AvgIpc) is 3.11. The zero-order chi connectivity index (χ0) is 15.4. The second kappa shape index (κ2) is 4.56. The van der Waals surface area contributed by atoms with Crippen LogP contribution in [0.3, 0.4) is 0 Å². The molecule has 0 fully saturated rings. The summed E-state index contributed by atoms with van der Waals surface area (Å²) in [5, 5.41) is 0. The quantitative estimate of drug-likeness (QED) is 0.461. The number of nitrogens with one attached hydrogen (secondary N) is 1. The summed E-state index contributed by atoms with van der Waals surface area (Å²) in [5.74, 6) is 1.26. The fourth-order valence-electron chi connectivity index (χ4n) is 3.85. The standard InChI is InChI=1S/C21H16N2/c1-13-22-19-11-10-14(12-20(19)23-13)21-17-8-4-2-6-15(17)16-7-3-5-9-18(16)21/h2-12,21H,1H3,(H,22,23). The molecule has 0 unspecified atom stereocenters. The smallest absolute Gasteiger partial charge is 0.104 e. The van der Waals surface area contributed by atoms with Gasteiger partial charge in [0.25, 0.3) is 0 Å². The third-order valence-electron chi connectivity index (χ3n) is 4.79. The van der Waals surface area contributed by atoms with Crippen LogP contribution in [0.15, 0.2) is 66.7 Å². The van der Waals surface area contributed by atoms with Gasteiger partial charge in [0.05, 0.1) is 11.0 Å². The van der Waals surface area contributed by atoms with E-state index >= 15 is 0 Å². The van der Waals surface area contributed by atoms with E-state index in [4.69, 9.17) is 0 Å². The third-order valence-corrected chi connectivity index (χ3v) is 4.79. The molecule has 0 spiro atoms. The molecular weight excluding hydrogens is 280 g/mol. The topological polar surface area (TPSA) is 28.7 Å². The number of nitrogens with zero attached hydrogens (tertiary/aromatic N) is 1. The predicted octanol–water partition coefficient (Wildman–Crippen LogP) is 5.03. The Morgan fingerprint density at radius 2 is 1.48 bits per heavy atom. The van der Waals surface area contributed by atoms with E-state index in [1.165, 1.54) is 27.8 Å². The number of hydrogen-bond acceptors (Lipinski definition) is 1. The second-order valence-electron chi connectivity index (χ2n) is 6.21. The van der Waals surface area contributed by atoms with Crippen molar-refractivity contribution >= 4 is 11.0 Å². The summed E-state index contributed by atoms with van der Waals surface area (Å²) in [7, 11) is 0. The maximum atomic E-state index is 4.51. The molecular formula is C21H16N2. The first kappa shape index (κ1) is 12.7. The molecule has 3 aromatic carbocycles. The van der Waals surface area contributed by atoms with Crippen molar-refractivity contribution in [2.24, 2.45) is 0 Å². The summed E-state index contributed by atoms with van der Waals surface area (Å²) in [5.41, 5.74) is 8.96. The molecule has 23 heavy (non-hydrogen) atoms. The molecule has 1 heterocycles. The molecule has 1 aliphatic rings. The Labute approximate surface area is 134 Å². The zero-order valence-corrected chi connectivity index (χ0v) is 12.9. The van der Waals surface area contributed by atoms with Crippen LogP contribution in [0.1, 0.15) is 28.4 Å². The van der Waals surface area contributed by atoms with Gasteiger partial charge in [0, 0.05) is 5.92 Å². The van der Waals surface area contributed by atoms with Crippen LogP contribution >= 0.6 is 0 Å². The number of rotatable bonds is 1. The zero-order valence-electron chi connectivity index (χ0n) is 12.9. The lowest BCUT2D eigenvalue weighted by Crippen LogP contribution is -1.98. The van der Waals surface area contributed by atoms with Gasteiger partial charge in [-0.1, -0.05) is 54.6 Å². The van der Waals surface area contributed by atoms with E-state index in [9.17, 15) is 0 Å². The molecule has 1 aliphatic carbocycles. The molecule has 4 aromatic rings. The lowest BCUT2D eigenvalue weighted by Gasteiger charge is -2.14. The number of aryl methyl sites for hydroxylation is 1. The van der Waals surface area contributed by atoms with Gasteiger partial charge in [0.1, 0.15) is 5.82 Å². The van der Waals surface area contributed by atoms with Gasteiger partial charge in [-0.05, 0) is 46.9 Å². The molecule has 0 bridgehead atoms. The minimum atomic E-state index is 0.301. The summed E-state index contributed by atoms with van der Waals surface area (Å²) in [6.07, 6.45) is 0. The van der Waals surface area contributed by atoms with Crippen LogP contribution in [-0.4, -0.2) is 9.97 Å². The summed E-state index contributed by atoms with van der Waals surface area (Å²) in [4.78, 5) is 7.87.